The predicted octanol–water partition coefficient (Wildman–Crippen LogP) is 0.144. The molecule has 1 aliphatic heterocycles. The average molecular weight is 197 g/mol. The van der Waals surface area contributed by atoms with E-state index in [4.69, 9.17) is 10.0 Å². The van der Waals surface area contributed by atoms with Crippen LogP contribution in [-0.4, -0.2) is 35.9 Å². The lowest BCUT2D eigenvalue weighted by molar-refractivity contribution is -0.160. The van der Waals surface area contributed by atoms with Gasteiger partial charge >= 0.3 is 13.3 Å². The molecule has 0 amide bonds. The third kappa shape index (κ3) is 2.86. The summed E-state index contributed by atoms with van der Waals surface area (Å²) in [6, 6.07) is -1.60. The third-order valence-corrected chi connectivity index (χ3v) is 2.26. The van der Waals surface area contributed by atoms with Crippen LogP contribution in [0.4, 0.5) is 13.2 Å². The second-order valence-corrected chi connectivity index (χ2v) is 3.25. The SMILES string of the molecule is OB(O)[C@H]1CCN[C@@H](C(F)(F)F)C1. The quantitative estimate of drug-likeness (QED) is 0.524. The van der Waals surface area contributed by atoms with Gasteiger partial charge in [-0.2, -0.15) is 13.2 Å². The Morgan fingerprint density at radius 1 is 1.31 bits per heavy atom. The molecular weight excluding hydrogens is 186 g/mol. The first-order chi connectivity index (χ1) is 5.91. The first-order valence-corrected chi connectivity index (χ1v) is 4.07. The van der Waals surface area contributed by atoms with E-state index in [1.165, 1.54) is 0 Å². The molecule has 0 unspecified atom stereocenters. The number of hydrogen-bond donors (Lipinski definition) is 3. The van der Waals surface area contributed by atoms with Crippen molar-refractivity contribution in [1.29, 1.82) is 0 Å². The number of hydrogen-bond acceptors (Lipinski definition) is 3. The number of nitrogens with one attached hydrogen (secondary N) is 1. The Labute approximate surface area is 74.1 Å². The van der Waals surface area contributed by atoms with E-state index < -0.39 is 25.2 Å². The lowest BCUT2D eigenvalue weighted by Crippen LogP contribution is -2.48. The van der Waals surface area contributed by atoms with Crippen LogP contribution in [0, 0.1) is 0 Å². The van der Waals surface area contributed by atoms with E-state index in [0.29, 0.717) is 6.42 Å². The van der Waals surface area contributed by atoms with Gasteiger partial charge in [-0.3, -0.25) is 0 Å². The monoisotopic (exact) mass is 197 g/mol. The fourth-order valence-corrected chi connectivity index (χ4v) is 1.47. The summed E-state index contributed by atoms with van der Waals surface area (Å²) >= 11 is 0. The molecule has 0 aromatic carbocycles. The molecule has 0 aromatic rings. The Hall–Kier alpha value is -0.265. The van der Waals surface area contributed by atoms with Crippen LogP contribution in [0.1, 0.15) is 12.8 Å². The van der Waals surface area contributed by atoms with Crippen molar-refractivity contribution in [2.75, 3.05) is 6.54 Å². The molecule has 0 bridgehead atoms. The fourth-order valence-electron chi connectivity index (χ4n) is 1.47. The summed E-state index contributed by atoms with van der Waals surface area (Å²) in [6.45, 7) is 0.173. The van der Waals surface area contributed by atoms with Crippen LogP contribution >= 0.6 is 0 Å². The van der Waals surface area contributed by atoms with Crippen LogP contribution in [0.25, 0.3) is 0 Å². The van der Waals surface area contributed by atoms with Gasteiger partial charge in [-0.25, -0.2) is 0 Å². The highest BCUT2D eigenvalue weighted by Crippen LogP contribution is 2.32. The lowest BCUT2D eigenvalue weighted by atomic mass is 9.66. The van der Waals surface area contributed by atoms with E-state index >= 15 is 0 Å². The summed E-state index contributed by atoms with van der Waals surface area (Å²) in [5, 5.41) is 19.7. The average Bonchev–Trinajstić information content (AvgIpc) is 2.03. The first-order valence-electron chi connectivity index (χ1n) is 4.07. The maximum atomic E-state index is 12.2. The highest BCUT2D eigenvalue weighted by molar-refractivity contribution is 6.43. The van der Waals surface area contributed by atoms with Crippen LogP contribution in [0.15, 0.2) is 0 Å². The number of piperidine rings is 1. The largest absolute Gasteiger partial charge is 0.454 e. The smallest absolute Gasteiger partial charge is 0.427 e. The molecule has 1 rings (SSSR count). The maximum absolute atomic E-state index is 12.2. The Morgan fingerprint density at radius 2 is 1.92 bits per heavy atom. The molecule has 76 valence electrons. The molecule has 1 saturated heterocycles. The Bertz CT molecular complexity index is 176. The van der Waals surface area contributed by atoms with Crippen molar-refractivity contribution >= 4 is 7.12 Å². The van der Waals surface area contributed by atoms with Crippen LogP contribution in [-0.2, 0) is 0 Å². The zero-order chi connectivity index (χ0) is 10.1. The molecule has 3 N–H and O–H groups in total. The van der Waals surface area contributed by atoms with E-state index in [1.54, 1.807) is 0 Å². The molecule has 0 spiro atoms. The van der Waals surface area contributed by atoms with E-state index in [-0.39, 0.29) is 13.0 Å². The van der Waals surface area contributed by atoms with Gasteiger partial charge in [0.25, 0.3) is 0 Å². The van der Waals surface area contributed by atoms with Gasteiger partial charge in [0.1, 0.15) is 6.04 Å². The molecule has 0 aromatic heterocycles. The van der Waals surface area contributed by atoms with Gasteiger partial charge in [0.05, 0.1) is 0 Å². The summed E-state index contributed by atoms with van der Waals surface area (Å²) in [5.74, 6) is -0.673. The van der Waals surface area contributed by atoms with Gasteiger partial charge in [0.2, 0.25) is 0 Å². The molecule has 1 aliphatic rings. The number of alkyl halides is 3. The summed E-state index contributed by atoms with van der Waals surface area (Å²) in [7, 11) is -1.65. The van der Waals surface area contributed by atoms with Crippen molar-refractivity contribution in [1.82, 2.24) is 5.32 Å². The van der Waals surface area contributed by atoms with Crippen molar-refractivity contribution in [2.45, 2.75) is 30.9 Å². The summed E-state index contributed by atoms with van der Waals surface area (Å²) < 4.78 is 36.5. The van der Waals surface area contributed by atoms with Crippen molar-refractivity contribution in [2.24, 2.45) is 0 Å². The fraction of sp³-hybridized carbons (Fsp3) is 1.00. The molecule has 1 heterocycles. The Balaban J connectivity index is 2.52. The zero-order valence-corrected chi connectivity index (χ0v) is 6.88. The zero-order valence-electron chi connectivity index (χ0n) is 6.88. The molecule has 1 fully saturated rings. The van der Waals surface area contributed by atoms with Gasteiger partial charge in [-0.05, 0) is 25.2 Å². The first kappa shape index (κ1) is 10.8. The highest BCUT2D eigenvalue weighted by Gasteiger charge is 2.44. The Morgan fingerprint density at radius 3 is 2.38 bits per heavy atom. The second kappa shape index (κ2) is 3.85. The van der Waals surface area contributed by atoms with Crippen LogP contribution in [0.5, 0.6) is 0 Å². The summed E-state index contributed by atoms with van der Waals surface area (Å²) in [4.78, 5) is 0. The molecule has 13 heavy (non-hydrogen) atoms. The molecule has 3 nitrogen and oxygen atoms in total. The molecular formula is C6H11BF3NO2. The van der Waals surface area contributed by atoms with Crippen LogP contribution < -0.4 is 5.32 Å². The second-order valence-electron chi connectivity index (χ2n) is 3.25. The van der Waals surface area contributed by atoms with E-state index in [0.717, 1.165) is 0 Å². The lowest BCUT2D eigenvalue weighted by Gasteiger charge is -2.31. The van der Waals surface area contributed by atoms with Crippen molar-refractivity contribution in [3.8, 4) is 0 Å². The minimum Gasteiger partial charge on any atom is -0.427 e. The molecule has 7 heteroatoms. The van der Waals surface area contributed by atoms with Crippen molar-refractivity contribution in [3.63, 3.8) is 0 Å². The number of rotatable bonds is 1. The van der Waals surface area contributed by atoms with Crippen molar-refractivity contribution < 1.29 is 23.2 Å². The van der Waals surface area contributed by atoms with Gasteiger partial charge in [0.15, 0.2) is 0 Å². The van der Waals surface area contributed by atoms with E-state index in [2.05, 4.69) is 5.32 Å². The molecule has 2 atom stereocenters. The normalized spacial score (nSPS) is 30.2. The van der Waals surface area contributed by atoms with E-state index in [9.17, 15) is 13.2 Å². The van der Waals surface area contributed by atoms with E-state index in [1.807, 2.05) is 0 Å². The van der Waals surface area contributed by atoms with Crippen LogP contribution in [0.3, 0.4) is 0 Å². The minimum absolute atomic E-state index is 0.173. The van der Waals surface area contributed by atoms with Gasteiger partial charge in [-0.15, -0.1) is 0 Å². The number of halogens is 3. The van der Waals surface area contributed by atoms with Gasteiger partial charge < -0.3 is 15.4 Å². The summed E-state index contributed by atoms with van der Waals surface area (Å²) in [5.41, 5.74) is 0. The topological polar surface area (TPSA) is 52.5 Å². The standard InChI is InChI=1S/C6H11BF3NO2/c8-6(9,10)5-3-4(7(12)13)1-2-11-5/h4-5,11-13H,1-3H2/t4-,5+/m0/s1. The molecule has 0 radical (unpaired) electrons. The van der Waals surface area contributed by atoms with Crippen molar-refractivity contribution in [3.05, 3.63) is 0 Å². The predicted molar refractivity (Wildman–Crippen MR) is 41.0 cm³/mol. The molecule has 0 aliphatic carbocycles. The van der Waals surface area contributed by atoms with Crippen LogP contribution in [0.2, 0.25) is 5.82 Å². The molecule has 0 saturated carbocycles. The maximum Gasteiger partial charge on any atom is 0.454 e. The third-order valence-electron chi connectivity index (χ3n) is 2.26. The Kier molecular flexibility index (Phi) is 3.20. The highest BCUT2D eigenvalue weighted by atomic mass is 19.4. The van der Waals surface area contributed by atoms with Gasteiger partial charge in [-0.1, -0.05) is 0 Å². The van der Waals surface area contributed by atoms with Gasteiger partial charge in [0, 0.05) is 0 Å². The minimum atomic E-state index is -4.30. The summed E-state index contributed by atoms with van der Waals surface area (Å²) in [6.07, 6.45) is -4.20.